The minimum atomic E-state index is -0.541. The maximum atomic E-state index is 13.1. The average molecular weight is 436 g/mol. The Kier molecular flexibility index (Phi) is 6.44. The fraction of sp³-hybridized carbons (Fsp3) is 0.500. The number of aliphatic hydroxyl groups is 1. The van der Waals surface area contributed by atoms with Crippen molar-refractivity contribution in [3.63, 3.8) is 0 Å². The molecule has 0 bridgehead atoms. The van der Waals surface area contributed by atoms with Gasteiger partial charge in [-0.15, -0.1) is 0 Å². The van der Waals surface area contributed by atoms with Crippen LogP contribution in [0.3, 0.4) is 0 Å². The van der Waals surface area contributed by atoms with Crippen molar-refractivity contribution >= 4 is 11.6 Å². The number of amides is 1. The molecule has 0 saturated carbocycles. The second-order valence-corrected chi connectivity index (χ2v) is 9.39. The molecule has 3 heterocycles. The molecule has 6 heteroatoms. The van der Waals surface area contributed by atoms with Gasteiger partial charge in [-0.2, -0.15) is 0 Å². The van der Waals surface area contributed by atoms with Crippen LogP contribution in [-0.4, -0.2) is 72.9 Å². The van der Waals surface area contributed by atoms with Gasteiger partial charge in [-0.05, 0) is 54.2 Å². The molecule has 2 aromatic rings. The van der Waals surface area contributed by atoms with Gasteiger partial charge in [0.25, 0.3) is 5.91 Å². The summed E-state index contributed by atoms with van der Waals surface area (Å²) in [6, 6.07) is 14.6. The lowest BCUT2D eigenvalue weighted by atomic mass is 9.97. The van der Waals surface area contributed by atoms with Crippen molar-refractivity contribution in [2.45, 2.75) is 31.9 Å². The first kappa shape index (κ1) is 21.4. The van der Waals surface area contributed by atoms with E-state index in [-0.39, 0.29) is 5.91 Å². The summed E-state index contributed by atoms with van der Waals surface area (Å²) in [5.74, 6) is 0.600. The third-order valence-electron chi connectivity index (χ3n) is 7.00. The molecule has 0 radical (unpaired) electrons. The van der Waals surface area contributed by atoms with E-state index >= 15 is 0 Å². The fourth-order valence-corrected chi connectivity index (χ4v) is 5.15. The molecule has 2 atom stereocenters. The van der Waals surface area contributed by atoms with E-state index in [0.29, 0.717) is 25.6 Å². The average Bonchev–Trinajstić information content (AvgIpc) is 3.33. The van der Waals surface area contributed by atoms with E-state index in [0.717, 1.165) is 68.9 Å². The molecule has 32 heavy (non-hydrogen) atoms. The molecule has 0 aliphatic carbocycles. The van der Waals surface area contributed by atoms with Gasteiger partial charge < -0.3 is 20.1 Å². The lowest BCUT2D eigenvalue weighted by Gasteiger charge is -2.34. The van der Waals surface area contributed by atoms with E-state index < -0.39 is 6.10 Å². The molecule has 5 rings (SSSR count). The monoisotopic (exact) mass is 435 g/mol. The van der Waals surface area contributed by atoms with Crippen LogP contribution in [0, 0.1) is 5.92 Å². The molecule has 0 aromatic heterocycles. The number of β-amino-alcohol motifs (C(OH)–C–C–N with tert-alkyl or cyclic N) is 1. The van der Waals surface area contributed by atoms with Crippen LogP contribution in [0.15, 0.2) is 42.5 Å². The van der Waals surface area contributed by atoms with E-state index in [9.17, 15) is 9.90 Å². The summed E-state index contributed by atoms with van der Waals surface area (Å²) in [6.07, 6.45) is 2.41. The van der Waals surface area contributed by atoms with Crippen molar-refractivity contribution in [2.24, 2.45) is 5.92 Å². The number of ether oxygens (including phenoxy) is 1. The maximum Gasteiger partial charge on any atom is 0.254 e. The number of rotatable bonds is 7. The number of nitrogens with zero attached hydrogens (tertiary/aromatic N) is 2. The first-order valence-electron chi connectivity index (χ1n) is 11.9. The van der Waals surface area contributed by atoms with Gasteiger partial charge in [0.2, 0.25) is 0 Å². The van der Waals surface area contributed by atoms with Crippen molar-refractivity contribution in [3.8, 4) is 0 Å². The minimum absolute atomic E-state index is 0.0324. The van der Waals surface area contributed by atoms with Crippen LogP contribution in [0.5, 0.6) is 0 Å². The predicted octanol–water partition coefficient (Wildman–Crippen LogP) is 2.55. The van der Waals surface area contributed by atoms with Crippen molar-refractivity contribution in [2.75, 3.05) is 51.3 Å². The Labute approximate surface area is 190 Å². The summed E-state index contributed by atoms with van der Waals surface area (Å²) >= 11 is 0. The number of hydrogen-bond acceptors (Lipinski definition) is 5. The Bertz CT molecular complexity index is 957. The number of fused-ring (bicyclic) bond motifs is 2. The van der Waals surface area contributed by atoms with Crippen LogP contribution in [0.2, 0.25) is 0 Å². The van der Waals surface area contributed by atoms with Crippen LogP contribution in [-0.2, 0) is 24.1 Å². The highest BCUT2D eigenvalue weighted by atomic mass is 16.5. The number of aliphatic hydroxyl groups excluding tert-OH is 1. The summed E-state index contributed by atoms with van der Waals surface area (Å²) in [7, 11) is 0. The molecule has 1 saturated heterocycles. The lowest BCUT2D eigenvalue weighted by molar-refractivity contribution is 0.0493. The van der Waals surface area contributed by atoms with Crippen LogP contribution in [0.1, 0.15) is 33.5 Å². The van der Waals surface area contributed by atoms with Gasteiger partial charge in [0.05, 0.1) is 12.7 Å². The first-order chi connectivity index (χ1) is 15.7. The molecular weight excluding hydrogens is 402 g/mol. The smallest absolute Gasteiger partial charge is 0.254 e. The molecule has 1 amide bonds. The summed E-state index contributed by atoms with van der Waals surface area (Å²) in [6.45, 7) is 6.06. The second-order valence-electron chi connectivity index (χ2n) is 9.39. The molecule has 2 N–H and O–H groups in total. The Balaban J connectivity index is 1.15. The standard InChI is InChI=1S/C26H33N3O3/c30-24(16-28-10-7-20-3-1-2-4-22(20)15-28)17-29-11-8-21-13-23(5-6-25(21)26(29)31)27-14-19-9-12-32-18-19/h1-6,13,19,24,27,30H,7-12,14-18H2. The fourth-order valence-electron chi connectivity index (χ4n) is 5.15. The number of hydrogen-bond donors (Lipinski definition) is 2. The number of carbonyl (C=O) groups excluding carboxylic acids is 1. The second kappa shape index (κ2) is 9.61. The predicted molar refractivity (Wildman–Crippen MR) is 125 cm³/mol. The van der Waals surface area contributed by atoms with Crippen LogP contribution < -0.4 is 5.32 Å². The van der Waals surface area contributed by atoms with Gasteiger partial charge in [-0.1, -0.05) is 24.3 Å². The lowest BCUT2D eigenvalue weighted by Crippen LogP contribution is -2.46. The van der Waals surface area contributed by atoms with E-state index in [4.69, 9.17) is 4.74 Å². The maximum absolute atomic E-state index is 13.1. The van der Waals surface area contributed by atoms with E-state index in [1.807, 2.05) is 17.0 Å². The zero-order valence-electron chi connectivity index (χ0n) is 18.6. The van der Waals surface area contributed by atoms with E-state index in [1.165, 1.54) is 11.1 Å². The quantitative estimate of drug-likeness (QED) is 0.700. The Morgan fingerprint density at radius 2 is 1.91 bits per heavy atom. The van der Waals surface area contributed by atoms with Crippen molar-refractivity contribution < 1.29 is 14.6 Å². The number of carbonyl (C=O) groups is 1. The van der Waals surface area contributed by atoms with Gasteiger partial charge in [0.15, 0.2) is 0 Å². The highest BCUT2D eigenvalue weighted by molar-refractivity contribution is 5.97. The number of nitrogens with one attached hydrogen (secondary N) is 1. The van der Waals surface area contributed by atoms with Crippen LogP contribution >= 0.6 is 0 Å². The molecule has 2 unspecified atom stereocenters. The first-order valence-corrected chi connectivity index (χ1v) is 11.9. The molecular formula is C26H33N3O3. The van der Waals surface area contributed by atoms with Crippen molar-refractivity contribution in [1.29, 1.82) is 0 Å². The SMILES string of the molecule is O=C1c2ccc(NCC3CCOC3)cc2CCN1CC(O)CN1CCc2ccccc2C1. The topological polar surface area (TPSA) is 65.0 Å². The molecule has 2 aromatic carbocycles. The van der Waals surface area contributed by atoms with Gasteiger partial charge in [0, 0.05) is 63.0 Å². The van der Waals surface area contributed by atoms with Crippen molar-refractivity contribution in [1.82, 2.24) is 9.80 Å². The third-order valence-corrected chi connectivity index (χ3v) is 7.00. The molecule has 3 aliphatic heterocycles. The van der Waals surface area contributed by atoms with Crippen LogP contribution in [0.4, 0.5) is 5.69 Å². The van der Waals surface area contributed by atoms with Gasteiger partial charge >= 0.3 is 0 Å². The van der Waals surface area contributed by atoms with Gasteiger partial charge in [0.1, 0.15) is 0 Å². The molecule has 1 fully saturated rings. The Morgan fingerprint density at radius 1 is 1.06 bits per heavy atom. The number of anilines is 1. The van der Waals surface area contributed by atoms with Crippen LogP contribution in [0.25, 0.3) is 0 Å². The highest BCUT2D eigenvalue weighted by Crippen LogP contribution is 2.24. The van der Waals surface area contributed by atoms with Gasteiger partial charge in [-0.3, -0.25) is 9.69 Å². The number of benzene rings is 2. The summed E-state index contributed by atoms with van der Waals surface area (Å²) < 4.78 is 5.44. The normalized spacial score (nSPS) is 21.8. The highest BCUT2D eigenvalue weighted by Gasteiger charge is 2.27. The minimum Gasteiger partial charge on any atom is -0.390 e. The summed E-state index contributed by atoms with van der Waals surface area (Å²) in [5, 5.41) is 14.2. The summed E-state index contributed by atoms with van der Waals surface area (Å²) in [5.41, 5.74) is 5.69. The molecule has 0 spiro atoms. The molecule has 3 aliphatic rings. The molecule has 6 nitrogen and oxygen atoms in total. The zero-order chi connectivity index (χ0) is 21.9. The van der Waals surface area contributed by atoms with Crippen molar-refractivity contribution in [3.05, 3.63) is 64.7 Å². The Morgan fingerprint density at radius 3 is 2.75 bits per heavy atom. The largest absolute Gasteiger partial charge is 0.390 e. The molecule has 170 valence electrons. The zero-order valence-corrected chi connectivity index (χ0v) is 18.6. The summed E-state index contributed by atoms with van der Waals surface area (Å²) in [4.78, 5) is 17.2. The van der Waals surface area contributed by atoms with E-state index in [1.54, 1.807) is 0 Å². The van der Waals surface area contributed by atoms with E-state index in [2.05, 4.69) is 40.5 Å². The Hall–Kier alpha value is -2.41. The third kappa shape index (κ3) is 4.82. The van der Waals surface area contributed by atoms with Gasteiger partial charge in [-0.25, -0.2) is 0 Å².